The Hall–Kier alpha value is -1.21. The normalized spacial score (nSPS) is 14.0. The van der Waals surface area contributed by atoms with E-state index in [1.807, 2.05) is 0 Å². The fourth-order valence-corrected chi connectivity index (χ4v) is 1.07. The van der Waals surface area contributed by atoms with E-state index in [-0.39, 0.29) is 0 Å². The fraction of sp³-hybridized carbons (Fsp3) is 0.250. The number of nitrogens with two attached hydrogens (primary N) is 1. The maximum absolute atomic E-state index is 12.7. The van der Waals surface area contributed by atoms with Gasteiger partial charge in [0, 0.05) is 0 Å². The Morgan fingerprint density at radius 3 is 2.13 bits per heavy atom. The molecule has 0 spiro atoms. The van der Waals surface area contributed by atoms with E-state index in [0.717, 1.165) is 6.07 Å². The number of benzene rings is 1. The second-order valence-electron chi connectivity index (χ2n) is 2.81. The van der Waals surface area contributed by atoms with E-state index >= 15 is 0 Å². The molecule has 0 radical (unpaired) electrons. The SMILES string of the molecule is NN[C@@H](c1ccc(F)c(F)c1)C(F)(F)F. The highest BCUT2D eigenvalue weighted by Gasteiger charge is 2.40. The third kappa shape index (κ3) is 2.63. The summed E-state index contributed by atoms with van der Waals surface area (Å²) in [5.74, 6) is 2.13. The Labute approximate surface area is 81.8 Å². The summed E-state index contributed by atoms with van der Waals surface area (Å²) in [5, 5.41) is 0. The van der Waals surface area contributed by atoms with Crippen molar-refractivity contribution < 1.29 is 22.0 Å². The van der Waals surface area contributed by atoms with Gasteiger partial charge in [0.15, 0.2) is 11.6 Å². The van der Waals surface area contributed by atoms with Crippen LogP contribution in [0.5, 0.6) is 0 Å². The molecule has 7 heteroatoms. The molecule has 0 heterocycles. The van der Waals surface area contributed by atoms with Crippen LogP contribution in [0, 0.1) is 11.6 Å². The highest BCUT2D eigenvalue weighted by molar-refractivity contribution is 5.22. The zero-order valence-electron chi connectivity index (χ0n) is 7.28. The molecule has 0 aliphatic carbocycles. The zero-order valence-corrected chi connectivity index (χ0v) is 7.28. The molecule has 0 aliphatic rings. The molecule has 0 unspecified atom stereocenters. The van der Waals surface area contributed by atoms with E-state index in [0.29, 0.717) is 12.1 Å². The molecule has 84 valence electrons. The molecule has 0 saturated heterocycles. The summed E-state index contributed by atoms with van der Waals surface area (Å²) in [7, 11) is 0. The van der Waals surface area contributed by atoms with E-state index in [1.54, 1.807) is 0 Å². The summed E-state index contributed by atoms with van der Waals surface area (Å²) >= 11 is 0. The Bertz CT molecular complexity index is 349. The lowest BCUT2D eigenvalue weighted by molar-refractivity contribution is -0.157. The molecule has 0 bridgehead atoms. The van der Waals surface area contributed by atoms with Crippen LogP contribution in [0.3, 0.4) is 0 Å². The Morgan fingerprint density at radius 2 is 1.73 bits per heavy atom. The third-order valence-corrected chi connectivity index (χ3v) is 1.77. The minimum atomic E-state index is -4.67. The lowest BCUT2D eigenvalue weighted by Crippen LogP contribution is -2.38. The molecule has 15 heavy (non-hydrogen) atoms. The first kappa shape index (κ1) is 11.9. The number of hydrazine groups is 1. The molecule has 1 aromatic carbocycles. The monoisotopic (exact) mass is 226 g/mol. The van der Waals surface area contributed by atoms with Crippen LogP contribution in [-0.4, -0.2) is 6.18 Å². The first-order valence-corrected chi connectivity index (χ1v) is 3.84. The first-order valence-electron chi connectivity index (χ1n) is 3.84. The molecule has 2 nitrogen and oxygen atoms in total. The van der Waals surface area contributed by atoms with Crippen molar-refractivity contribution in [2.75, 3.05) is 0 Å². The van der Waals surface area contributed by atoms with Gasteiger partial charge in [0.25, 0.3) is 0 Å². The number of rotatable bonds is 2. The summed E-state index contributed by atoms with van der Waals surface area (Å²) in [6, 6.07) is -0.336. The predicted octanol–water partition coefficient (Wildman–Crippen LogP) is 2.03. The highest BCUT2D eigenvalue weighted by atomic mass is 19.4. The molecule has 0 fully saturated rings. The molecule has 0 amide bonds. The molecule has 0 saturated carbocycles. The van der Waals surface area contributed by atoms with Gasteiger partial charge >= 0.3 is 6.18 Å². The average molecular weight is 226 g/mol. The van der Waals surface area contributed by atoms with Crippen LogP contribution in [0.4, 0.5) is 22.0 Å². The minimum absolute atomic E-state index is 0.452. The highest BCUT2D eigenvalue weighted by Crippen LogP contribution is 2.32. The van der Waals surface area contributed by atoms with E-state index in [4.69, 9.17) is 5.84 Å². The van der Waals surface area contributed by atoms with Crippen molar-refractivity contribution in [2.45, 2.75) is 12.2 Å². The molecule has 1 atom stereocenters. The van der Waals surface area contributed by atoms with Crippen LogP contribution in [0.25, 0.3) is 0 Å². The van der Waals surface area contributed by atoms with E-state index in [9.17, 15) is 22.0 Å². The van der Waals surface area contributed by atoms with Crippen LogP contribution < -0.4 is 11.3 Å². The Balaban J connectivity index is 3.08. The fourth-order valence-electron chi connectivity index (χ4n) is 1.07. The van der Waals surface area contributed by atoms with Crippen molar-refractivity contribution in [3.05, 3.63) is 35.4 Å². The maximum Gasteiger partial charge on any atom is 0.409 e. The van der Waals surface area contributed by atoms with Crippen LogP contribution in [-0.2, 0) is 0 Å². The zero-order chi connectivity index (χ0) is 11.6. The topological polar surface area (TPSA) is 38.0 Å². The Morgan fingerprint density at radius 1 is 1.13 bits per heavy atom. The number of nitrogens with one attached hydrogen (secondary N) is 1. The van der Waals surface area contributed by atoms with Crippen molar-refractivity contribution in [1.82, 2.24) is 5.43 Å². The van der Waals surface area contributed by atoms with Gasteiger partial charge in [-0.05, 0) is 17.7 Å². The molecule has 1 aromatic rings. The van der Waals surface area contributed by atoms with Gasteiger partial charge in [0.1, 0.15) is 6.04 Å². The molecule has 3 N–H and O–H groups in total. The van der Waals surface area contributed by atoms with Crippen molar-refractivity contribution >= 4 is 0 Å². The number of hydrogen-bond acceptors (Lipinski definition) is 2. The Kier molecular flexibility index (Phi) is 3.25. The van der Waals surface area contributed by atoms with E-state index in [1.165, 1.54) is 5.43 Å². The number of alkyl halides is 3. The van der Waals surface area contributed by atoms with Gasteiger partial charge in [-0.15, -0.1) is 0 Å². The van der Waals surface area contributed by atoms with Crippen molar-refractivity contribution in [1.29, 1.82) is 0 Å². The van der Waals surface area contributed by atoms with Gasteiger partial charge in [0.2, 0.25) is 0 Å². The van der Waals surface area contributed by atoms with Gasteiger partial charge < -0.3 is 0 Å². The van der Waals surface area contributed by atoms with E-state index < -0.39 is 29.4 Å². The van der Waals surface area contributed by atoms with Crippen molar-refractivity contribution in [3.8, 4) is 0 Å². The van der Waals surface area contributed by atoms with E-state index in [2.05, 4.69) is 0 Å². The lowest BCUT2D eigenvalue weighted by Gasteiger charge is -2.19. The average Bonchev–Trinajstić information content (AvgIpc) is 2.10. The lowest BCUT2D eigenvalue weighted by atomic mass is 10.1. The second kappa shape index (κ2) is 4.11. The minimum Gasteiger partial charge on any atom is -0.271 e. The van der Waals surface area contributed by atoms with Gasteiger partial charge in [-0.3, -0.25) is 5.84 Å². The largest absolute Gasteiger partial charge is 0.409 e. The van der Waals surface area contributed by atoms with Crippen LogP contribution in [0.15, 0.2) is 18.2 Å². The first-order chi connectivity index (χ1) is 6.86. The van der Waals surface area contributed by atoms with Gasteiger partial charge in [-0.2, -0.15) is 13.2 Å². The smallest absolute Gasteiger partial charge is 0.271 e. The molecular formula is C8H7F5N2. The predicted molar refractivity (Wildman–Crippen MR) is 42.5 cm³/mol. The number of halogens is 5. The second-order valence-corrected chi connectivity index (χ2v) is 2.81. The van der Waals surface area contributed by atoms with Gasteiger partial charge in [-0.25, -0.2) is 14.2 Å². The van der Waals surface area contributed by atoms with Crippen molar-refractivity contribution in [2.24, 2.45) is 5.84 Å². The van der Waals surface area contributed by atoms with Crippen LogP contribution in [0.2, 0.25) is 0 Å². The van der Waals surface area contributed by atoms with Crippen LogP contribution >= 0.6 is 0 Å². The molecular weight excluding hydrogens is 219 g/mol. The molecule has 0 aromatic heterocycles. The quantitative estimate of drug-likeness (QED) is 0.460. The molecule has 1 rings (SSSR count). The summed E-state index contributed by atoms with van der Waals surface area (Å²) in [6.07, 6.45) is -4.67. The summed E-state index contributed by atoms with van der Waals surface area (Å²) in [4.78, 5) is 0. The summed E-state index contributed by atoms with van der Waals surface area (Å²) in [6.45, 7) is 0. The van der Waals surface area contributed by atoms with Gasteiger partial charge in [0.05, 0.1) is 0 Å². The summed E-state index contributed by atoms with van der Waals surface area (Å²) < 4.78 is 61.9. The van der Waals surface area contributed by atoms with Crippen molar-refractivity contribution in [3.63, 3.8) is 0 Å². The van der Waals surface area contributed by atoms with Gasteiger partial charge in [-0.1, -0.05) is 6.07 Å². The third-order valence-electron chi connectivity index (χ3n) is 1.77. The van der Waals surface area contributed by atoms with Crippen LogP contribution in [0.1, 0.15) is 11.6 Å². The maximum atomic E-state index is 12.7. The standard InChI is InChI=1S/C8H7F5N2/c9-5-2-1-4(3-6(5)10)7(15-14)8(11,12)13/h1-3,7,15H,14H2/t7-/m0/s1. The number of hydrogen-bond donors (Lipinski definition) is 2. The summed E-state index contributed by atoms with van der Waals surface area (Å²) in [5.41, 5.74) is 1.01. The molecule has 0 aliphatic heterocycles.